The van der Waals surface area contributed by atoms with Crippen molar-refractivity contribution in [2.24, 2.45) is 0 Å². The van der Waals surface area contributed by atoms with Crippen molar-refractivity contribution in [3.63, 3.8) is 0 Å². The standard InChI is InChI=1S/C14H16N2O/c1-11-5-6-12-13(15-11)3-2-4-14(12)16-7-9-17-10-8-16/h2-6H,7-10H2,1H3. The molecule has 1 fully saturated rings. The van der Waals surface area contributed by atoms with Crippen LogP contribution in [0.2, 0.25) is 0 Å². The molecular formula is C14H16N2O. The van der Waals surface area contributed by atoms with Gasteiger partial charge in [-0.3, -0.25) is 4.98 Å². The van der Waals surface area contributed by atoms with Crippen molar-refractivity contribution in [2.75, 3.05) is 31.2 Å². The molecule has 0 atom stereocenters. The van der Waals surface area contributed by atoms with Gasteiger partial charge in [-0.15, -0.1) is 0 Å². The summed E-state index contributed by atoms with van der Waals surface area (Å²) in [7, 11) is 0. The fourth-order valence-electron chi connectivity index (χ4n) is 2.32. The van der Waals surface area contributed by atoms with E-state index in [1.807, 2.05) is 6.92 Å². The molecule has 0 spiro atoms. The highest BCUT2D eigenvalue weighted by molar-refractivity contribution is 5.91. The van der Waals surface area contributed by atoms with Crippen molar-refractivity contribution >= 4 is 16.6 Å². The molecule has 0 bridgehead atoms. The van der Waals surface area contributed by atoms with Crippen molar-refractivity contribution in [1.82, 2.24) is 4.98 Å². The third kappa shape index (κ3) is 1.98. The van der Waals surface area contributed by atoms with Gasteiger partial charge in [0.05, 0.1) is 18.7 Å². The van der Waals surface area contributed by atoms with E-state index in [0.29, 0.717) is 0 Å². The molecule has 2 aromatic rings. The van der Waals surface area contributed by atoms with Crippen LogP contribution in [0.1, 0.15) is 5.69 Å². The van der Waals surface area contributed by atoms with Crippen LogP contribution in [0, 0.1) is 6.92 Å². The highest BCUT2D eigenvalue weighted by atomic mass is 16.5. The number of nitrogens with zero attached hydrogens (tertiary/aromatic N) is 2. The van der Waals surface area contributed by atoms with Crippen LogP contribution in [0.3, 0.4) is 0 Å². The average Bonchev–Trinajstić information content (AvgIpc) is 2.39. The Morgan fingerprint density at radius 1 is 1.12 bits per heavy atom. The molecule has 88 valence electrons. The Balaban J connectivity index is 2.09. The van der Waals surface area contributed by atoms with E-state index in [0.717, 1.165) is 37.5 Å². The van der Waals surface area contributed by atoms with Gasteiger partial charge in [0.15, 0.2) is 0 Å². The largest absolute Gasteiger partial charge is 0.378 e. The molecule has 0 unspecified atom stereocenters. The van der Waals surface area contributed by atoms with Crippen LogP contribution in [0.15, 0.2) is 30.3 Å². The summed E-state index contributed by atoms with van der Waals surface area (Å²) >= 11 is 0. The van der Waals surface area contributed by atoms with Gasteiger partial charge in [-0.2, -0.15) is 0 Å². The van der Waals surface area contributed by atoms with Gasteiger partial charge in [-0.1, -0.05) is 6.07 Å². The van der Waals surface area contributed by atoms with Crippen LogP contribution in [-0.2, 0) is 4.74 Å². The van der Waals surface area contributed by atoms with Gasteiger partial charge in [0.25, 0.3) is 0 Å². The lowest BCUT2D eigenvalue weighted by Crippen LogP contribution is -2.36. The van der Waals surface area contributed by atoms with Crippen LogP contribution in [-0.4, -0.2) is 31.3 Å². The van der Waals surface area contributed by atoms with E-state index >= 15 is 0 Å². The molecule has 3 rings (SSSR count). The smallest absolute Gasteiger partial charge is 0.0726 e. The van der Waals surface area contributed by atoms with Gasteiger partial charge in [0, 0.05) is 29.9 Å². The zero-order valence-corrected chi connectivity index (χ0v) is 10.0. The Morgan fingerprint density at radius 2 is 1.94 bits per heavy atom. The number of hydrogen-bond donors (Lipinski definition) is 0. The Hall–Kier alpha value is -1.61. The van der Waals surface area contributed by atoms with E-state index in [1.165, 1.54) is 11.1 Å². The van der Waals surface area contributed by atoms with E-state index < -0.39 is 0 Å². The fraction of sp³-hybridized carbons (Fsp3) is 0.357. The first-order valence-electron chi connectivity index (χ1n) is 6.04. The number of morpholine rings is 1. The molecule has 2 heterocycles. The number of hydrogen-bond acceptors (Lipinski definition) is 3. The summed E-state index contributed by atoms with van der Waals surface area (Å²) in [5.41, 5.74) is 3.42. The Bertz CT molecular complexity index is 533. The minimum absolute atomic E-state index is 0.815. The predicted molar refractivity (Wildman–Crippen MR) is 69.5 cm³/mol. The Labute approximate surface area is 101 Å². The van der Waals surface area contributed by atoms with Crippen molar-refractivity contribution in [1.29, 1.82) is 0 Å². The third-order valence-electron chi connectivity index (χ3n) is 3.20. The molecule has 1 saturated heterocycles. The summed E-state index contributed by atoms with van der Waals surface area (Å²) in [6.45, 7) is 5.59. The third-order valence-corrected chi connectivity index (χ3v) is 3.20. The number of aromatic nitrogens is 1. The van der Waals surface area contributed by atoms with E-state index in [9.17, 15) is 0 Å². The average molecular weight is 228 g/mol. The lowest BCUT2D eigenvalue weighted by molar-refractivity contribution is 0.123. The molecule has 1 aliphatic heterocycles. The van der Waals surface area contributed by atoms with Crippen LogP contribution >= 0.6 is 0 Å². The molecule has 0 radical (unpaired) electrons. The first-order chi connectivity index (χ1) is 8.34. The van der Waals surface area contributed by atoms with Crippen LogP contribution in [0.25, 0.3) is 10.9 Å². The quantitative estimate of drug-likeness (QED) is 0.749. The highest BCUT2D eigenvalue weighted by Crippen LogP contribution is 2.26. The summed E-state index contributed by atoms with van der Waals surface area (Å²) in [5.74, 6) is 0. The molecule has 0 aliphatic carbocycles. The van der Waals surface area contributed by atoms with Crippen molar-refractivity contribution in [3.05, 3.63) is 36.0 Å². The molecule has 1 aliphatic rings. The van der Waals surface area contributed by atoms with Gasteiger partial charge in [-0.05, 0) is 31.2 Å². The maximum atomic E-state index is 5.40. The van der Waals surface area contributed by atoms with Crippen LogP contribution in [0.4, 0.5) is 5.69 Å². The first kappa shape index (κ1) is 10.5. The molecule has 1 aromatic heterocycles. The number of pyridine rings is 1. The molecule has 3 nitrogen and oxygen atoms in total. The first-order valence-corrected chi connectivity index (χ1v) is 6.04. The number of aryl methyl sites for hydroxylation is 1. The minimum Gasteiger partial charge on any atom is -0.378 e. The maximum absolute atomic E-state index is 5.40. The zero-order valence-electron chi connectivity index (χ0n) is 10.0. The number of anilines is 1. The fourth-order valence-corrected chi connectivity index (χ4v) is 2.32. The van der Waals surface area contributed by atoms with E-state index in [1.54, 1.807) is 0 Å². The predicted octanol–water partition coefficient (Wildman–Crippen LogP) is 2.38. The topological polar surface area (TPSA) is 25.4 Å². The van der Waals surface area contributed by atoms with Crippen molar-refractivity contribution < 1.29 is 4.74 Å². The Kier molecular flexibility index (Phi) is 2.69. The van der Waals surface area contributed by atoms with E-state index in [-0.39, 0.29) is 0 Å². The molecule has 17 heavy (non-hydrogen) atoms. The molecular weight excluding hydrogens is 212 g/mol. The van der Waals surface area contributed by atoms with E-state index in [2.05, 4.69) is 40.2 Å². The second-order valence-corrected chi connectivity index (χ2v) is 4.40. The van der Waals surface area contributed by atoms with Crippen LogP contribution < -0.4 is 4.90 Å². The Morgan fingerprint density at radius 3 is 2.76 bits per heavy atom. The summed E-state index contributed by atoms with van der Waals surface area (Å²) in [6, 6.07) is 10.6. The number of rotatable bonds is 1. The molecule has 0 amide bonds. The van der Waals surface area contributed by atoms with Gasteiger partial charge < -0.3 is 9.64 Å². The molecule has 0 N–H and O–H groups in total. The minimum atomic E-state index is 0.815. The number of benzene rings is 1. The van der Waals surface area contributed by atoms with E-state index in [4.69, 9.17) is 4.74 Å². The second kappa shape index (κ2) is 4.34. The van der Waals surface area contributed by atoms with Gasteiger partial charge in [0.2, 0.25) is 0 Å². The lowest BCUT2D eigenvalue weighted by Gasteiger charge is -2.29. The van der Waals surface area contributed by atoms with Crippen molar-refractivity contribution in [3.8, 4) is 0 Å². The lowest BCUT2D eigenvalue weighted by atomic mass is 10.1. The maximum Gasteiger partial charge on any atom is 0.0726 e. The van der Waals surface area contributed by atoms with Crippen LogP contribution in [0.5, 0.6) is 0 Å². The highest BCUT2D eigenvalue weighted by Gasteiger charge is 2.13. The normalized spacial score (nSPS) is 16.4. The molecule has 0 saturated carbocycles. The molecule has 1 aromatic carbocycles. The summed E-state index contributed by atoms with van der Waals surface area (Å²) in [6.07, 6.45) is 0. The monoisotopic (exact) mass is 228 g/mol. The second-order valence-electron chi connectivity index (χ2n) is 4.40. The summed E-state index contributed by atoms with van der Waals surface area (Å²) in [5, 5.41) is 1.24. The number of fused-ring (bicyclic) bond motifs is 1. The van der Waals surface area contributed by atoms with Gasteiger partial charge >= 0.3 is 0 Å². The molecule has 3 heteroatoms. The summed E-state index contributed by atoms with van der Waals surface area (Å²) < 4.78 is 5.40. The summed E-state index contributed by atoms with van der Waals surface area (Å²) in [4.78, 5) is 6.95. The van der Waals surface area contributed by atoms with Gasteiger partial charge in [0.1, 0.15) is 0 Å². The van der Waals surface area contributed by atoms with Crippen molar-refractivity contribution in [2.45, 2.75) is 6.92 Å². The zero-order chi connectivity index (χ0) is 11.7. The number of ether oxygens (including phenoxy) is 1. The van der Waals surface area contributed by atoms with Gasteiger partial charge in [-0.25, -0.2) is 0 Å². The SMILES string of the molecule is Cc1ccc2c(N3CCOCC3)cccc2n1.